The minimum absolute atomic E-state index is 0.103. The third-order valence-electron chi connectivity index (χ3n) is 5.63. The number of amides is 1. The maximum absolute atomic E-state index is 12.8. The number of sulfonamides is 1. The molecule has 1 aliphatic heterocycles. The van der Waals surface area contributed by atoms with Crippen molar-refractivity contribution in [3.63, 3.8) is 0 Å². The zero-order valence-electron chi connectivity index (χ0n) is 17.8. The molecular weight excluding hydrogens is 416 g/mol. The number of para-hydroxylation sites is 2. The molecule has 9 heteroatoms. The molecule has 8 nitrogen and oxygen atoms in total. The molecule has 0 aliphatic carbocycles. The lowest BCUT2D eigenvalue weighted by molar-refractivity contribution is -0.120. The molecule has 164 valence electrons. The standard InChI is InChI=1S/C22H26N4O4S/c1-15-8-9-17(14-20(15)31(28,29)25(2)3)23-21(27)16-10-12-26(13-11-16)22-24-18-6-4-5-7-19(18)30-22/h4-9,14,16H,10-13H2,1-3H3,(H,23,27). The molecule has 0 spiro atoms. The van der Waals surface area contributed by atoms with Crippen LogP contribution in [0.3, 0.4) is 0 Å². The fraction of sp³-hybridized carbons (Fsp3) is 0.364. The fourth-order valence-corrected chi connectivity index (χ4v) is 4.87. The molecule has 2 heterocycles. The number of anilines is 2. The Kier molecular flexibility index (Phi) is 5.72. The number of nitrogens with one attached hydrogen (secondary N) is 1. The predicted molar refractivity (Wildman–Crippen MR) is 120 cm³/mol. The average molecular weight is 443 g/mol. The molecule has 1 aliphatic rings. The molecule has 0 bridgehead atoms. The van der Waals surface area contributed by atoms with Crippen LogP contribution in [0.4, 0.5) is 11.7 Å². The number of carbonyl (C=O) groups is 1. The number of rotatable bonds is 5. The molecule has 0 saturated carbocycles. The molecule has 1 fully saturated rings. The van der Waals surface area contributed by atoms with Crippen LogP contribution < -0.4 is 10.2 Å². The quantitative estimate of drug-likeness (QED) is 0.652. The largest absolute Gasteiger partial charge is 0.423 e. The van der Waals surface area contributed by atoms with E-state index in [1.54, 1.807) is 19.1 Å². The van der Waals surface area contributed by atoms with Gasteiger partial charge in [-0.2, -0.15) is 4.98 Å². The highest BCUT2D eigenvalue weighted by atomic mass is 32.2. The second-order valence-electron chi connectivity index (χ2n) is 7.98. The normalized spacial score (nSPS) is 15.5. The topological polar surface area (TPSA) is 95.7 Å². The number of hydrogen-bond donors (Lipinski definition) is 1. The van der Waals surface area contributed by atoms with Crippen LogP contribution in [0.1, 0.15) is 18.4 Å². The SMILES string of the molecule is Cc1ccc(NC(=O)C2CCN(c3nc4ccccc4o3)CC2)cc1S(=O)(=O)N(C)C. The summed E-state index contributed by atoms with van der Waals surface area (Å²) in [6, 6.07) is 13.2. The van der Waals surface area contributed by atoms with Crippen molar-refractivity contribution in [2.45, 2.75) is 24.7 Å². The Morgan fingerprint density at radius 1 is 1.16 bits per heavy atom. The average Bonchev–Trinajstić information content (AvgIpc) is 3.19. The predicted octanol–water partition coefficient (Wildman–Crippen LogP) is 3.24. The number of aryl methyl sites for hydroxylation is 1. The van der Waals surface area contributed by atoms with Crippen molar-refractivity contribution in [3.8, 4) is 0 Å². The Balaban J connectivity index is 1.41. The Morgan fingerprint density at radius 2 is 1.87 bits per heavy atom. The third-order valence-corrected chi connectivity index (χ3v) is 7.59. The highest BCUT2D eigenvalue weighted by Gasteiger charge is 2.28. The Labute approximate surface area is 181 Å². The smallest absolute Gasteiger partial charge is 0.298 e. The first-order valence-corrected chi connectivity index (χ1v) is 11.6. The Hall–Kier alpha value is -2.91. The summed E-state index contributed by atoms with van der Waals surface area (Å²) in [5.74, 6) is -0.259. The molecular formula is C22H26N4O4S. The van der Waals surface area contributed by atoms with Crippen LogP contribution in [-0.4, -0.2) is 50.8 Å². The maximum atomic E-state index is 12.8. The first-order chi connectivity index (χ1) is 14.8. The first kappa shape index (κ1) is 21.3. The van der Waals surface area contributed by atoms with Crippen LogP contribution in [0.25, 0.3) is 11.1 Å². The lowest BCUT2D eigenvalue weighted by atomic mass is 9.96. The van der Waals surface area contributed by atoms with Crippen LogP contribution in [0.2, 0.25) is 0 Å². The molecule has 0 atom stereocenters. The van der Waals surface area contributed by atoms with Gasteiger partial charge >= 0.3 is 0 Å². The van der Waals surface area contributed by atoms with E-state index < -0.39 is 10.0 Å². The number of carbonyl (C=O) groups excluding carboxylic acids is 1. The number of piperidine rings is 1. The van der Waals surface area contributed by atoms with Gasteiger partial charge < -0.3 is 14.6 Å². The fourth-order valence-electron chi connectivity index (χ4n) is 3.73. The summed E-state index contributed by atoms with van der Waals surface area (Å²) in [4.78, 5) is 19.6. The summed E-state index contributed by atoms with van der Waals surface area (Å²) in [6.07, 6.45) is 1.33. The van der Waals surface area contributed by atoms with Crippen molar-refractivity contribution in [3.05, 3.63) is 48.0 Å². The molecule has 1 aromatic heterocycles. The van der Waals surface area contributed by atoms with E-state index in [-0.39, 0.29) is 16.7 Å². The van der Waals surface area contributed by atoms with Crippen molar-refractivity contribution >= 4 is 38.7 Å². The molecule has 31 heavy (non-hydrogen) atoms. The van der Waals surface area contributed by atoms with E-state index in [1.165, 1.54) is 24.5 Å². The van der Waals surface area contributed by atoms with Gasteiger partial charge in [0.25, 0.3) is 6.01 Å². The summed E-state index contributed by atoms with van der Waals surface area (Å²) in [5.41, 5.74) is 2.69. The molecule has 1 amide bonds. The Bertz CT molecular complexity index is 1180. The number of oxazole rings is 1. The molecule has 2 aromatic carbocycles. The number of fused-ring (bicyclic) bond motifs is 1. The lowest BCUT2D eigenvalue weighted by Crippen LogP contribution is -2.38. The van der Waals surface area contributed by atoms with Crippen LogP contribution in [0.5, 0.6) is 0 Å². The van der Waals surface area contributed by atoms with E-state index in [0.717, 1.165) is 11.1 Å². The lowest BCUT2D eigenvalue weighted by Gasteiger charge is -2.30. The number of nitrogens with zero attached hydrogens (tertiary/aromatic N) is 3. The summed E-state index contributed by atoms with van der Waals surface area (Å²) < 4.78 is 32.0. The molecule has 1 saturated heterocycles. The van der Waals surface area contributed by atoms with Crippen LogP contribution in [0, 0.1) is 12.8 Å². The van der Waals surface area contributed by atoms with Crippen LogP contribution in [0.15, 0.2) is 51.8 Å². The van der Waals surface area contributed by atoms with Gasteiger partial charge in [0.1, 0.15) is 5.52 Å². The number of benzene rings is 2. The summed E-state index contributed by atoms with van der Waals surface area (Å²) in [7, 11) is -0.600. The number of aromatic nitrogens is 1. The van der Waals surface area contributed by atoms with Gasteiger partial charge in [0.15, 0.2) is 5.58 Å². The first-order valence-electron chi connectivity index (χ1n) is 10.2. The molecule has 3 aromatic rings. The van der Waals surface area contributed by atoms with Crippen molar-refractivity contribution in [2.75, 3.05) is 37.4 Å². The van der Waals surface area contributed by atoms with E-state index in [9.17, 15) is 13.2 Å². The zero-order chi connectivity index (χ0) is 22.2. The van der Waals surface area contributed by atoms with E-state index in [2.05, 4.69) is 15.2 Å². The van der Waals surface area contributed by atoms with Gasteiger partial charge in [-0.1, -0.05) is 18.2 Å². The molecule has 0 unspecified atom stereocenters. The third kappa shape index (κ3) is 4.28. The molecule has 4 rings (SSSR count). The number of hydrogen-bond acceptors (Lipinski definition) is 6. The minimum Gasteiger partial charge on any atom is -0.423 e. The van der Waals surface area contributed by atoms with Crippen LogP contribution in [-0.2, 0) is 14.8 Å². The van der Waals surface area contributed by atoms with E-state index >= 15 is 0 Å². The summed E-state index contributed by atoms with van der Waals surface area (Å²) in [5, 5.41) is 2.89. The molecule has 1 N–H and O–H groups in total. The van der Waals surface area contributed by atoms with Gasteiger partial charge in [0, 0.05) is 38.8 Å². The van der Waals surface area contributed by atoms with Gasteiger partial charge in [-0.3, -0.25) is 4.79 Å². The monoisotopic (exact) mass is 442 g/mol. The van der Waals surface area contributed by atoms with Gasteiger partial charge in [-0.05, 0) is 49.6 Å². The van der Waals surface area contributed by atoms with E-state index in [1.807, 2.05) is 24.3 Å². The van der Waals surface area contributed by atoms with Crippen LogP contribution >= 0.6 is 0 Å². The van der Waals surface area contributed by atoms with Crippen molar-refractivity contribution < 1.29 is 17.6 Å². The summed E-state index contributed by atoms with van der Waals surface area (Å²) >= 11 is 0. The van der Waals surface area contributed by atoms with Crippen molar-refractivity contribution in [1.82, 2.24) is 9.29 Å². The summed E-state index contributed by atoms with van der Waals surface area (Å²) in [6.45, 7) is 3.07. The highest BCUT2D eigenvalue weighted by molar-refractivity contribution is 7.89. The second-order valence-corrected chi connectivity index (χ2v) is 10.1. The van der Waals surface area contributed by atoms with Gasteiger partial charge in [0.2, 0.25) is 15.9 Å². The van der Waals surface area contributed by atoms with E-state index in [0.29, 0.717) is 43.2 Å². The molecule has 0 radical (unpaired) electrons. The van der Waals surface area contributed by atoms with Gasteiger partial charge in [-0.25, -0.2) is 12.7 Å². The minimum atomic E-state index is -3.58. The van der Waals surface area contributed by atoms with E-state index in [4.69, 9.17) is 4.42 Å². The van der Waals surface area contributed by atoms with Crippen molar-refractivity contribution in [2.24, 2.45) is 5.92 Å². The zero-order valence-corrected chi connectivity index (χ0v) is 18.6. The van der Waals surface area contributed by atoms with Gasteiger partial charge in [0.05, 0.1) is 4.90 Å². The Morgan fingerprint density at radius 3 is 2.55 bits per heavy atom. The second kappa shape index (κ2) is 8.32. The highest BCUT2D eigenvalue weighted by Crippen LogP contribution is 2.28. The van der Waals surface area contributed by atoms with Crippen molar-refractivity contribution in [1.29, 1.82) is 0 Å². The maximum Gasteiger partial charge on any atom is 0.298 e. The van der Waals surface area contributed by atoms with Gasteiger partial charge in [-0.15, -0.1) is 0 Å².